The van der Waals surface area contributed by atoms with Crippen molar-refractivity contribution in [3.63, 3.8) is 0 Å². The van der Waals surface area contributed by atoms with E-state index in [2.05, 4.69) is 13.0 Å². The summed E-state index contributed by atoms with van der Waals surface area (Å²) in [7, 11) is 3.04. The molecule has 4 nitrogen and oxygen atoms in total. The molecule has 0 unspecified atom stereocenters. The smallest absolute Gasteiger partial charge is 0.337 e. The molecular formula is C25H22O4. The summed E-state index contributed by atoms with van der Waals surface area (Å²) in [6, 6.07) is 21.6. The number of rotatable bonds is 4. The van der Waals surface area contributed by atoms with Crippen LogP contribution < -0.4 is 9.47 Å². The zero-order valence-electron chi connectivity index (χ0n) is 16.7. The SMILES string of the molecule is COC(=O)c1cccc(/C(=C2/COc3ccc(C)cc32)c2ccc(OC)cc2)c1. The van der Waals surface area contributed by atoms with Gasteiger partial charge in [0.2, 0.25) is 0 Å². The molecule has 0 bridgehead atoms. The van der Waals surface area contributed by atoms with E-state index in [4.69, 9.17) is 14.2 Å². The van der Waals surface area contributed by atoms with E-state index >= 15 is 0 Å². The van der Waals surface area contributed by atoms with E-state index in [1.165, 1.54) is 12.7 Å². The number of aryl methyl sites for hydroxylation is 1. The molecule has 1 heterocycles. The van der Waals surface area contributed by atoms with Crippen LogP contribution in [0.5, 0.6) is 11.5 Å². The molecule has 0 radical (unpaired) electrons. The second-order valence-corrected chi connectivity index (χ2v) is 6.94. The number of fused-ring (bicyclic) bond motifs is 1. The van der Waals surface area contributed by atoms with Gasteiger partial charge in [0.25, 0.3) is 0 Å². The lowest BCUT2D eigenvalue weighted by Crippen LogP contribution is -2.03. The van der Waals surface area contributed by atoms with Crippen LogP contribution in [0.2, 0.25) is 0 Å². The van der Waals surface area contributed by atoms with Crippen molar-refractivity contribution in [3.05, 3.63) is 94.5 Å². The van der Waals surface area contributed by atoms with Crippen LogP contribution in [0.1, 0.15) is 32.6 Å². The van der Waals surface area contributed by atoms with Gasteiger partial charge in [0.05, 0.1) is 19.8 Å². The first kappa shape index (κ1) is 18.8. The van der Waals surface area contributed by atoms with Crippen LogP contribution >= 0.6 is 0 Å². The maximum Gasteiger partial charge on any atom is 0.337 e. The van der Waals surface area contributed by atoms with Gasteiger partial charge in [-0.15, -0.1) is 0 Å². The largest absolute Gasteiger partial charge is 0.497 e. The predicted octanol–water partition coefficient (Wildman–Crippen LogP) is 5.14. The summed E-state index contributed by atoms with van der Waals surface area (Å²) in [6.45, 7) is 2.55. The first-order chi connectivity index (χ1) is 14.1. The summed E-state index contributed by atoms with van der Waals surface area (Å²) in [5.74, 6) is 1.31. The molecule has 4 heteroatoms. The van der Waals surface area contributed by atoms with Gasteiger partial charge < -0.3 is 14.2 Å². The number of hydrogen-bond donors (Lipinski definition) is 0. The van der Waals surface area contributed by atoms with Gasteiger partial charge >= 0.3 is 5.97 Å². The fourth-order valence-corrected chi connectivity index (χ4v) is 3.63. The van der Waals surface area contributed by atoms with E-state index in [1.807, 2.05) is 54.6 Å². The number of hydrogen-bond acceptors (Lipinski definition) is 4. The summed E-state index contributed by atoms with van der Waals surface area (Å²) < 4.78 is 16.2. The minimum absolute atomic E-state index is 0.357. The number of benzene rings is 3. The topological polar surface area (TPSA) is 44.8 Å². The number of carbonyl (C=O) groups is 1. The lowest BCUT2D eigenvalue weighted by Gasteiger charge is -2.14. The minimum atomic E-state index is -0.357. The quantitative estimate of drug-likeness (QED) is 0.582. The van der Waals surface area contributed by atoms with Crippen molar-refractivity contribution in [3.8, 4) is 11.5 Å². The fourth-order valence-electron chi connectivity index (χ4n) is 3.63. The van der Waals surface area contributed by atoms with Crippen molar-refractivity contribution in [2.24, 2.45) is 0 Å². The summed E-state index contributed by atoms with van der Waals surface area (Å²) in [6.07, 6.45) is 0. The Kier molecular flexibility index (Phi) is 5.09. The Hall–Kier alpha value is -3.53. The molecule has 0 aromatic heterocycles. The van der Waals surface area contributed by atoms with Crippen molar-refractivity contribution in [2.75, 3.05) is 20.8 Å². The van der Waals surface area contributed by atoms with E-state index in [9.17, 15) is 4.79 Å². The van der Waals surface area contributed by atoms with Gasteiger partial charge in [0.15, 0.2) is 0 Å². The second-order valence-electron chi connectivity index (χ2n) is 6.94. The van der Waals surface area contributed by atoms with Crippen LogP contribution in [0.4, 0.5) is 0 Å². The normalized spacial score (nSPS) is 14.0. The standard InChI is InChI=1S/C25H22O4/c1-16-7-12-23-21(13-16)22(15-29-23)24(17-8-10-20(27-2)11-9-17)18-5-4-6-19(14-18)25(26)28-3/h4-14H,15H2,1-3H3/b24-22-. The Labute approximate surface area is 170 Å². The van der Waals surface area contributed by atoms with Crippen molar-refractivity contribution in [1.82, 2.24) is 0 Å². The number of esters is 1. The minimum Gasteiger partial charge on any atom is -0.497 e. The molecule has 3 aromatic rings. The van der Waals surface area contributed by atoms with E-state index in [0.29, 0.717) is 12.2 Å². The van der Waals surface area contributed by atoms with Crippen LogP contribution in [0, 0.1) is 6.92 Å². The Morgan fingerprint density at radius 3 is 2.38 bits per heavy atom. The van der Waals surface area contributed by atoms with Gasteiger partial charge in [-0.2, -0.15) is 0 Å². The highest BCUT2D eigenvalue weighted by Gasteiger charge is 2.24. The summed E-state index contributed by atoms with van der Waals surface area (Å²) in [4.78, 5) is 12.1. The van der Waals surface area contributed by atoms with E-state index in [0.717, 1.165) is 39.3 Å². The Morgan fingerprint density at radius 2 is 1.66 bits per heavy atom. The van der Waals surface area contributed by atoms with Gasteiger partial charge in [-0.1, -0.05) is 35.9 Å². The third kappa shape index (κ3) is 3.61. The molecule has 4 rings (SSSR count). The second kappa shape index (κ2) is 7.84. The zero-order chi connectivity index (χ0) is 20.4. The van der Waals surface area contributed by atoms with E-state index in [-0.39, 0.29) is 5.97 Å². The first-order valence-corrected chi connectivity index (χ1v) is 9.41. The number of ether oxygens (including phenoxy) is 3. The van der Waals surface area contributed by atoms with Gasteiger partial charge in [-0.25, -0.2) is 4.79 Å². The third-order valence-corrected chi connectivity index (χ3v) is 5.09. The zero-order valence-corrected chi connectivity index (χ0v) is 16.7. The molecular weight excluding hydrogens is 364 g/mol. The average Bonchev–Trinajstić information content (AvgIpc) is 3.17. The highest BCUT2D eigenvalue weighted by molar-refractivity contribution is 6.02. The molecule has 0 spiro atoms. The van der Waals surface area contributed by atoms with Crippen molar-refractivity contribution < 1.29 is 19.0 Å². The highest BCUT2D eigenvalue weighted by Crippen LogP contribution is 2.41. The number of methoxy groups -OCH3 is 2. The van der Waals surface area contributed by atoms with Gasteiger partial charge in [0.1, 0.15) is 18.1 Å². The first-order valence-electron chi connectivity index (χ1n) is 9.41. The molecule has 29 heavy (non-hydrogen) atoms. The Bertz CT molecular complexity index is 1090. The molecule has 1 aliphatic heterocycles. The Balaban J connectivity index is 1.95. The average molecular weight is 386 g/mol. The van der Waals surface area contributed by atoms with Crippen LogP contribution in [-0.4, -0.2) is 26.8 Å². The maximum absolute atomic E-state index is 12.1. The highest BCUT2D eigenvalue weighted by atomic mass is 16.5. The molecule has 0 atom stereocenters. The van der Waals surface area contributed by atoms with Crippen molar-refractivity contribution in [1.29, 1.82) is 0 Å². The van der Waals surface area contributed by atoms with E-state index < -0.39 is 0 Å². The van der Waals surface area contributed by atoms with Gasteiger partial charge in [0, 0.05) is 11.1 Å². The fraction of sp³-hybridized carbons (Fsp3) is 0.160. The van der Waals surface area contributed by atoms with Gasteiger partial charge in [-0.3, -0.25) is 0 Å². The molecule has 0 saturated heterocycles. The molecule has 3 aromatic carbocycles. The summed E-state index contributed by atoms with van der Waals surface area (Å²) >= 11 is 0. The van der Waals surface area contributed by atoms with Gasteiger partial charge in [-0.05, 0) is 60.0 Å². The predicted molar refractivity (Wildman–Crippen MR) is 113 cm³/mol. The van der Waals surface area contributed by atoms with Crippen LogP contribution in [0.3, 0.4) is 0 Å². The van der Waals surface area contributed by atoms with E-state index in [1.54, 1.807) is 13.2 Å². The third-order valence-electron chi connectivity index (χ3n) is 5.09. The molecule has 0 fully saturated rings. The number of carbonyl (C=O) groups excluding carboxylic acids is 1. The van der Waals surface area contributed by atoms with Crippen LogP contribution in [-0.2, 0) is 4.74 Å². The summed E-state index contributed by atoms with van der Waals surface area (Å²) in [5, 5.41) is 0. The van der Waals surface area contributed by atoms with Crippen molar-refractivity contribution in [2.45, 2.75) is 6.92 Å². The molecule has 0 aliphatic carbocycles. The molecule has 1 aliphatic rings. The molecule has 0 N–H and O–H groups in total. The van der Waals surface area contributed by atoms with Crippen LogP contribution in [0.25, 0.3) is 11.1 Å². The Morgan fingerprint density at radius 1 is 0.897 bits per heavy atom. The monoisotopic (exact) mass is 386 g/mol. The maximum atomic E-state index is 12.1. The lowest BCUT2D eigenvalue weighted by atomic mass is 9.89. The summed E-state index contributed by atoms with van der Waals surface area (Å²) in [5.41, 5.74) is 6.86. The molecule has 0 amide bonds. The molecule has 0 saturated carbocycles. The lowest BCUT2D eigenvalue weighted by molar-refractivity contribution is 0.0600. The van der Waals surface area contributed by atoms with Crippen molar-refractivity contribution >= 4 is 17.1 Å². The molecule has 146 valence electrons. The van der Waals surface area contributed by atoms with Crippen LogP contribution in [0.15, 0.2) is 66.7 Å².